The van der Waals surface area contributed by atoms with Crippen LogP contribution in [-0.2, 0) is 17.4 Å². The second kappa shape index (κ2) is 4.87. The van der Waals surface area contributed by atoms with Gasteiger partial charge in [-0.1, -0.05) is 0 Å². The monoisotopic (exact) mass is 269 g/mol. The zero-order valence-electron chi connectivity index (χ0n) is 9.05. The molecule has 0 aliphatic carbocycles. The number of hydrogen-bond acceptors (Lipinski definition) is 2. The lowest BCUT2D eigenvalue weighted by Gasteiger charge is -2.13. The van der Waals surface area contributed by atoms with Gasteiger partial charge in [-0.2, -0.15) is 13.2 Å². The molecule has 0 aliphatic rings. The highest BCUT2D eigenvalue weighted by Gasteiger charge is 2.35. The van der Waals surface area contributed by atoms with E-state index in [0.29, 0.717) is 6.07 Å². The number of hydrogen-bond donors (Lipinski definition) is 1. The van der Waals surface area contributed by atoms with Crippen LogP contribution in [0.5, 0.6) is 0 Å². The summed E-state index contributed by atoms with van der Waals surface area (Å²) in [5.41, 5.74) is -3.11. The Balaban J connectivity index is 3.41. The Labute approximate surface area is 98.3 Å². The van der Waals surface area contributed by atoms with Crippen molar-refractivity contribution in [3.8, 4) is 0 Å². The van der Waals surface area contributed by atoms with Crippen LogP contribution in [0.25, 0.3) is 0 Å². The lowest BCUT2D eigenvalue weighted by molar-refractivity contribution is -0.142. The number of aromatic nitrogens is 1. The molecule has 1 heterocycles. The van der Waals surface area contributed by atoms with Gasteiger partial charge < -0.3 is 5.11 Å². The van der Waals surface area contributed by atoms with Crippen molar-refractivity contribution in [3.05, 3.63) is 28.6 Å². The minimum Gasteiger partial charge on any atom is -0.481 e. The second-order valence-electron chi connectivity index (χ2n) is 3.55. The van der Waals surface area contributed by atoms with Crippen molar-refractivity contribution in [3.63, 3.8) is 0 Å². The van der Waals surface area contributed by atoms with E-state index in [2.05, 4.69) is 4.98 Å². The van der Waals surface area contributed by atoms with Crippen LogP contribution in [0, 0.1) is 6.92 Å². The normalized spacial score (nSPS) is 11.9. The first kappa shape index (κ1) is 14.3. The molecular formula is C10H8F5NO2. The number of carboxylic acid groups (broad SMARTS) is 1. The van der Waals surface area contributed by atoms with Crippen LogP contribution in [0.3, 0.4) is 0 Å². The molecule has 100 valence electrons. The van der Waals surface area contributed by atoms with E-state index in [4.69, 9.17) is 5.11 Å². The molecule has 0 aliphatic heterocycles. The van der Waals surface area contributed by atoms with Crippen molar-refractivity contribution < 1.29 is 31.9 Å². The SMILES string of the molecule is Cc1c(CC(=O)O)cc(C(F)(F)F)nc1C(F)F. The van der Waals surface area contributed by atoms with Crippen molar-refractivity contribution in [2.75, 3.05) is 0 Å². The number of aliphatic carboxylic acids is 1. The summed E-state index contributed by atoms with van der Waals surface area (Å²) in [6.45, 7) is 1.12. The third-order valence-electron chi connectivity index (χ3n) is 2.26. The fourth-order valence-electron chi connectivity index (χ4n) is 1.39. The summed E-state index contributed by atoms with van der Waals surface area (Å²) < 4.78 is 62.3. The summed E-state index contributed by atoms with van der Waals surface area (Å²) in [4.78, 5) is 13.3. The smallest absolute Gasteiger partial charge is 0.433 e. The molecule has 1 aromatic rings. The fourth-order valence-corrected chi connectivity index (χ4v) is 1.39. The number of carboxylic acids is 1. The molecule has 0 atom stereocenters. The van der Waals surface area contributed by atoms with Gasteiger partial charge in [-0.3, -0.25) is 4.79 Å². The second-order valence-corrected chi connectivity index (χ2v) is 3.55. The molecule has 1 aromatic heterocycles. The van der Waals surface area contributed by atoms with Crippen LogP contribution in [0.15, 0.2) is 6.07 Å². The average molecular weight is 269 g/mol. The standard InChI is InChI=1S/C10H8F5NO2/c1-4-5(3-7(17)18)2-6(10(13,14)15)16-8(4)9(11)12/h2,9H,3H2,1H3,(H,17,18). The first-order chi connectivity index (χ1) is 8.12. The molecule has 0 amide bonds. The minimum absolute atomic E-state index is 0.236. The summed E-state index contributed by atoms with van der Waals surface area (Å²) in [6, 6.07) is 0.481. The van der Waals surface area contributed by atoms with E-state index in [1.165, 1.54) is 0 Å². The fraction of sp³-hybridized carbons (Fsp3) is 0.400. The molecule has 0 unspecified atom stereocenters. The first-order valence-electron chi connectivity index (χ1n) is 4.70. The van der Waals surface area contributed by atoms with Gasteiger partial charge >= 0.3 is 12.1 Å². The van der Waals surface area contributed by atoms with Crippen molar-refractivity contribution in [1.82, 2.24) is 4.98 Å². The van der Waals surface area contributed by atoms with E-state index >= 15 is 0 Å². The first-order valence-corrected chi connectivity index (χ1v) is 4.70. The maximum absolute atomic E-state index is 12.5. The van der Waals surface area contributed by atoms with Gasteiger partial charge in [0.2, 0.25) is 0 Å². The van der Waals surface area contributed by atoms with Crippen molar-refractivity contribution in [2.45, 2.75) is 25.9 Å². The Morgan fingerprint density at radius 1 is 1.44 bits per heavy atom. The summed E-state index contributed by atoms with van der Waals surface area (Å²) in [5.74, 6) is -1.40. The van der Waals surface area contributed by atoms with Crippen LogP contribution in [0.4, 0.5) is 22.0 Å². The minimum atomic E-state index is -4.90. The number of pyridine rings is 1. The third kappa shape index (κ3) is 3.14. The maximum atomic E-state index is 12.5. The quantitative estimate of drug-likeness (QED) is 0.858. The Morgan fingerprint density at radius 3 is 2.39 bits per heavy atom. The third-order valence-corrected chi connectivity index (χ3v) is 2.26. The van der Waals surface area contributed by atoms with Gasteiger partial charge in [0.1, 0.15) is 11.4 Å². The summed E-state index contributed by atoms with van der Waals surface area (Å²) in [6.07, 6.45) is -8.86. The Morgan fingerprint density at radius 2 is 2.00 bits per heavy atom. The Hall–Kier alpha value is -1.73. The number of halogens is 5. The van der Waals surface area contributed by atoms with Crippen molar-refractivity contribution >= 4 is 5.97 Å². The van der Waals surface area contributed by atoms with E-state index in [1.807, 2.05) is 0 Å². The summed E-state index contributed by atoms with van der Waals surface area (Å²) in [7, 11) is 0. The van der Waals surface area contributed by atoms with Crippen LogP contribution in [0.2, 0.25) is 0 Å². The molecule has 0 saturated heterocycles. The molecule has 1 N–H and O–H groups in total. The molecule has 0 aromatic carbocycles. The van der Waals surface area contributed by atoms with E-state index in [1.54, 1.807) is 0 Å². The van der Waals surface area contributed by atoms with Gasteiger partial charge in [-0.15, -0.1) is 0 Å². The summed E-state index contributed by atoms with van der Waals surface area (Å²) >= 11 is 0. The van der Waals surface area contributed by atoms with Gasteiger partial charge in [0.25, 0.3) is 6.43 Å². The Bertz CT molecular complexity index is 470. The zero-order chi connectivity index (χ0) is 14.1. The maximum Gasteiger partial charge on any atom is 0.433 e. The largest absolute Gasteiger partial charge is 0.481 e. The van der Waals surface area contributed by atoms with E-state index < -0.39 is 36.4 Å². The summed E-state index contributed by atoms with van der Waals surface area (Å²) in [5, 5.41) is 8.53. The van der Waals surface area contributed by atoms with E-state index in [0.717, 1.165) is 6.92 Å². The molecule has 8 heteroatoms. The molecule has 0 bridgehead atoms. The van der Waals surface area contributed by atoms with Gasteiger partial charge in [0.05, 0.1) is 6.42 Å². The molecule has 0 saturated carbocycles. The zero-order valence-corrected chi connectivity index (χ0v) is 9.05. The molecule has 1 rings (SSSR count). The highest BCUT2D eigenvalue weighted by Crippen LogP contribution is 2.32. The molecule has 0 spiro atoms. The van der Waals surface area contributed by atoms with Gasteiger partial charge in [-0.25, -0.2) is 13.8 Å². The highest BCUT2D eigenvalue weighted by molar-refractivity contribution is 5.71. The number of carbonyl (C=O) groups is 1. The van der Waals surface area contributed by atoms with Gasteiger partial charge in [-0.05, 0) is 24.1 Å². The molecular weight excluding hydrogens is 261 g/mol. The van der Waals surface area contributed by atoms with Crippen molar-refractivity contribution in [1.29, 1.82) is 0 Å². The van der Waals surface area contributed by atoms with E-state index in [9.17, 15) is 26.7 Å². The molecule has 3 nitrogen and oxygen atoms in total. The molecule has 18 heavy (non-hydrogen) atoms. The highest BCUT2D eigenvalue weighted by atomic mass is 19.4. The van der Waals surface area contributed by atoms with Crippen LogP contribution in [-0.4, -0.2) is 16.1 Å². The predicted molar refractivity (Wildman–Crippen MR) is 50.3 cm³/mol. The topological polar surface area (TPSA) is 50.2 Å². The number of rotatable bonds is 3. The predicted octanol–water partition coefficient (Wildman–Crippen LogP) is 2.97. The average Bonchev–Trinajstić information content (AvgIpc) is 2.18. The van der Waals surface area contributed by atoms with Crippen LogP contribution >= 0.6 is 0 Å². The van der Waals surface area contributed by atoms with Crippen LogP contribution in [0.1, 0.15) is 28.9 Å². The lowest BCUT2D eigenvalue weighted by atomic mass is 10.0. The van der Waals surface area contributed by atoms with Crippen molar-refractivity contribution in [2.24, 2.45) is 0 Å². The van der Waals surface area contributed by atoms with Gasteiger partial charge in [0, 0.05) is 0 Å². The lowest BCUT2D eigenvalue weighted by Crippen LogP contribution is -2.14. The molecule has 0 radical (unpaired) electrons. The molecule has 0 fully saturated rings. The number of nitrogens with zero attached hydrogens (tertiary/aromatic N) is 1. The number of alkyl halides is 5. The van der Waals surface area contributed by atoms with E-state index in [-0.39, 0.29) is 11.1 Å². The van der Waals surface area contributed by atoms with Crippen LogP contribution < -0.4 is 0 Å². The van der Waals surface area contributed by atoms with Gasteiger partial charge in [0.15, 0.2) is 0 Å². The Kier molecular flexibility index (Phi) is 3.88.